The number of methoxy groups -OCH3 is 1. The monoisotopic (exact) mass is 431 g/mol. The second-order valence-electron chi connectivity index (χ2n) is 7.25. The van der Waals surface area contributed by atoms with Gasteiger partial charge in [0.1, 0.15) is 24.1 Å². The van der Waals surface area contributed by atoms with Crippen molar-refractivity contribution in [2.24, 2.45) is 0 Å². The number of aromatic nitrogens is 4. The van der Waals surface area contributed by atoms with Gasteiger partial charge in [0.2, 0.25) is 0 Å². The first-order valence-electron chi connectivity index (χ1n) is 9.90. The van der Waals surface area contributed by atoms with E-state index in [1.807, 2.05) is 24.3 Å². The molecule has 5 N–H and O–H groups in total. The lowest BCUT2D eigenvalue weighted by Gasteiger charge is -2.16. The molecule has 0 spiro atoms. The van der Waals surface area contributed by atoms with E-state index in [-0.39, 0.29) is 11.8 Å². The fourth-order valence-corrected chi connectivity index (χ4v) is 3.55. The van der Waals surface area contributed by atoms with Gasteiger partial charge in [0, 0.05) is 0 Å². The van der Waals surface area contributed by atoms with Gasteiger partial charge < -0.3 is 35.3 Å². The number of rotatable bonds is 8. The molecule has 1 saturated heterocycles. The third-order valence-electron chi connectivity index (χ3n) is 5.19. The van der Waals surface area contributed by atoms with Crippen LogP contribution in [-0.4, -0.2) is 73.5 Å². The molecule has 11 nitrogen and oxygen atoms in total. The van der Waals surface area contributed by atoms with Crippen LogP contribution in [0.5, 0.6) is 11.8 Å². The van der Waals surface area contributed by atoms with Gasteiger partial charge >= 0.3 is 6.01 Å². The summed E-state index contributed by atoms with van der Waals surface area (Å²) in [6, 6.07) is 7.89. The molecule has 0 radical (unpaired) electrons. The van der Waals surface area contributed by atoms with Crippen molar-refractivity contribution in [1.82, 2.24) is 19.5 Å². The number of hydrogen-bond acceptors (Lipinski definition) is 10. The number of nitrogen functional groups attached to an aromatic ring is 1. The van der Waals surface area contributed by atoms with E-state index < -0.39 is 31.1 Å². The molecule has 0 aliphatic carbocycles. The van der Waals surface area contributed by atoms with Gasteiger partial charge in [0.05, 0.1) is 26.7 Å². The van der Waals surface area contributed by atoms with E-state index in [0.717, 1.165) is 24.2 Å². The summed E-state index contributed by atoms with van der Waals surface area (Å²) in [6.07, 6.45) is -1.49. The average molecular weight is 431 g/mol. The molecule has 3 heterocycles. The molecule has 0 bridgehead atoms. The molecule has 166 valence electrons. The average Bonchev–Trinajstić information content (AvgIpc) is 3.32. The standard InChI is InChI=1S/C20H25N5O6/c1-29-12-6-2-4-11(8-12)5-3-7-30-20-23-17(21)14-18(24-20)25(10-22-14)19-16(28)15(27)13(9-26)31-19/h2,4,6,8,10,13,15-16,19,26-28H,3,5,7,9H2,1H3,(H2,21,23,24)/t13-,15?,16?,19-/m1/s1. The third kappa shape index (κ3) is 4.26. The molecule has 1 fully saturated rings. The number of aliphatic hydroxyl groups is 3. The number of ether oxygens (including phenoxy) is 3. The highest BCUT2D eigenvalue weighted by molar-refractivity contribution is 5.82. The molecular formula is C20H25N5O6. The summed E-state index contributed by atoms with van der Waals surface area (Å²) < 4.78 is 17.9. The fraction of sp³-hybridized carbons (Fsp3) is 0.450. The van der Waals surface area contributed by atoms with Crippen molar-refractivity contribution in [3.8, 4) is 11.8 Å². The molecule has 4 atom stereocenters. The highest BCUT2D eigenvalue weighted by atomic mass is 16.6. The van der Waals surface area contributed by atoms with Crippen molar-refractivity contribution in [3.05, 3.63) is 36.2 Å². The zero-order valence-corrected chi connectivity index (χ0v) is 17.0. The zero-order chi connectivity index (χ0) is 22.0. The Bertz CT molecular complexity index is 1040. The highest BCUT2D eigenvalue weighted by Gasteiger charge is 2.44. The predicted molar refractivity (Wildman–Crippen MR) is 110 cm³/mol. The Hall–Kier alpha value is -2.99. The van der Waals surface area contributed by atoms with Crippen molar-refractivity contribution in [1.29, 1.82) is 0 Å². The minimum atomic E-state index is -1.27. The second-order valence-corrected chi connectivity index (χ2v) is 7.25. The molecule has 1 aliphatic rings. The largest absolute Gasteiger partial charge is 0.497 e. The van der Waals surface area contributed by atoms with Gasteiger partial charge in [-0.3, -0.25) is 4.57 Å². The van der Waals surface area contributed by atoms with Crippen LogP contribution in [0.4, 0.5) is 5.82 Å². The SMILES string of the molecule is COc1cccc(CCCOc2nc(N)c3ncn([C@@H]4O[C@H](CO)C(O)C4O)c3n2)c1. The molecule has 31 heavy (non-hydrogen) atoms. The van der Waals surface area contributed by atoms with E-state index in [1.165, 1.54) is 10.9 Å². The minimum Gasteiger partial charge on any atom is -0.497 e. The Kier molecular flexibility index (Phi) is 6.18. The van der Waals surface area contributed by atoms with E-state index in [1.54, 1.807) is 7.11 Å². The van der Waals surface area contributed by atoms with Crippen LogP contribution in [0.25, 0.3) is 11.2 Å². The number of hydrogen-bond donors (Lipinski definition) is 4. The van der Waals surface area contributed by atoms with Crippen molar-refractivity contribution in [2.45, 2.75) is 37.4 Å². The topological polar surface area (TPSA) is 158 Å². The molecule has 4 rings (SSSR count). The van der Waals surface area contributed by atoms with Gasteiger partial charge in [-0.15, -0.1) is 0 Å². The lowest BCUT2D eigenvalue weighted by atomic mass is 10.1. The molecule has 3 aromatic rings. The highest BCUT2D eigenvalue weighted by Crippen LogP contribution is 2.32. The molecule has 0 saturated carbocycles. The number of aryl methyl sites for hydroxylation is 1. The number of benzene rings is 1. The Balaban J connectivity index is 1.46. The lowest BCUT2D eigenvalue weighted by Crippen LogP contribution is -2.33. The van der Waals surface area contributed by atoms with Crippen LogP contribution in [0.3, 0.4) is 0 Å². The van der Waals surface area contributed by atoms with Crippen LogP contribution < -0.4 is 15.2 Å². The van der Waals surface area contributed by atoms with Crippen molar-refractivity contribution >= 4 is 17.0 Å². The molecule has 2 aromatic heterocycles. The van der Waals surface area contributed by atoms with Crippen molar-refractivity contribution < 1.29 is 29.5 Å². The Morgan fingerprint density at radius 3 is 2.81 bits per heavy atom. The van der Waals surface area contributed by atoms with E-state index in [2.05, 4.69) is 15.0 Å². The predicted octanol–water partition coefficient (Wildman–Crippen LogP) is 0.0402. The molecule has 2 unspecified atom stereocenters. The molecule has 1 aliphatic heterocycles. The summed E-state index contributed by atoms with van der Waals surface area (Å²) in [5, 5.41) is 29.6. The quantitative estimate of drug-likeness (QED) is 0.359. The van der Waals surface area contributed by atoms with Crippen molar-refractivity contribution in [3.63, 3.8) is 0 Å². The fourth-order valence-electron chi connectivity index (χ4n) is 3.55. The van der Waals surface area contributed by atoms with Gasteiger partial charge in [0.15, 0.2) is 23.2 Å². The molecule has 0 amide bonds. The number of nitrogens with zero attached hydrogens (tertiary/aromatic N) is 4. The summed E-state index contributed by atoms with van der Waals surface area (Å²) >= 11 is 0. The number of fused-ring (bicyclic) bond motifs is 1. The smallest absolute Gasteiger partial charge is 0.320 e. The van der Waals surface area contributed by atoms with Crippen LogP contribution in [0.15, 0.2) is 30.6 Å². The maximum Gasteiger partial charge on any atom is 0.320 e. The molecule has 1 aromatic carbocycles. The summed E-state index contributed by atoms with van der Waals surface area (Å²) in [7, 11) is 1.63. The van der Waals surface area contributed by atoms with Gasteiger partial charge in [-0.25, -0.2) is 4.98 Å². The Labute approximate surface area is 178 Å². The normalized spacial score (nSPS) is 23.4. The summed E-state index contributed by atoms with van der Waals surface area (Å²) in [4.78, 5) is 12.7. The van der Waals surface area contributed by atoms with Crippen LogP contribution in [0.2, 0.25) is 0 Å². The van der Waals surface area contributed by atoms with Gasteiger partial charge in [-0.2, -0.15) is 9.97 Å². The van der Waals surface area contributed by atoms with Crippen LogP contribution >= 0.6 is 0 Å². The minimum absolute atomic E-state index is 0.0733. The first-order valence-corrected chi connectivity index (χ1v) is 9.90. The molecule has 11 heteroatoms. The number of imidazole rings is 1. The van der Waals surface area contributed by atoms with Crippen LogP contribution in [0, 0.1) is 0 Å². The zero-order valence-electron chi connectivity index (χ0n) is 17.0. The van der Waals surface area contributed by atoms with E-state index in [9.17, 15) is 15.3 Å². The first-order chi connectivity index (χ1) is 15.0. The number of aliphatic hydroxyl groups excluding tert-OH is 3. The van der Waals surface area contributed by atoms with Gasteiger partial charge in [-0.1, -0.05) is 12.1 Å². The van der Waals surface area contributed by atoms with Crippen LogP contribution in [0.1, 0.15) is 18.2 Å². The number of nitrogens with two attached hydrogens (primary N) is 1. The lowest BCUT2D eigenvalue weighted by molar-refractivity contribution is -0.0511. The van der Waals surface area contributed by atoms with E-state index >= 15 is 0 Å². The second kappa shape index (κ2) is 9.02. The number of anilines is 1. The third-order valence-corrected chi connectivity index (χ3v) is 5.19. The summed E-state index contributed by atoms with van der Waals surface area (Å²) in [6.45, 7) is -0.0652. The summed E-state index contributed by atoms with van der Waals surface area (Å²) in [5.41, 5.74) is 7.74. The van der Waals surface area contributed by atoms with Crippen molar-refractivity contribution in [2.75, 3.05) is 26.1 Å². The van der Waals surface area contributed by atoms with Crippen LogP contribution in [-0.2, 0) is 11.2 Å². The summed E-state index contributed by atoms with van der Waals surface area (Å²) in [5.74, 6) is 0.927. The Morgan fingerprint density at radius 1 is 1.23 bits per heavy atom. The van der Waals surface area contributed by atoms with E-state index in [0.29, 0.717) is 17.8 Å². The van der Waals surface area contributed by atoms with Gasteiger partial charge in [-0.05, 0) is 30.5 Å². The maximum absolute atomic E-state index is 10.3. The van der Waals surface area contributed by atoms with E-state index in [4.69, 9.17) is 19.9 Å². The Morgan fingerprint density at radius 2 is 2.06 bits per heavy atom. The molecular weight excluding hydrogens is 406 g/mol. The van der Waals surface area contributed by atoms with Gasteiger partial charge in [0.25, 0.3) is 0 Å². The maximum atomic E-state index is 10.3. The first kappa shape index (κ1) is 21.2.